The zero-order valence-corrected chi connectivity index (χ0v) is 13.7. The van der Waals surface area contributed by atoms with Crippen LogP contribution in [0.3, 0.4) is 0 Å². The predicted molar refractivity (Wildman–Crippen MR) is 82.4 cm³/mol. The largest absolute Gasteiger partial charge is 0.383 e. The Hall–Kier alpha value is -0.360. The maximum absolute atomic E-state index is 12.5. The minimum absolute atomic E-state index is 0. The molecule has 20 heavy (non-hydrogen) atoms. The van der Waals surface area contributed by atoms with E-state index in [1.807, 2.05) is 0 Å². The summed E-state index contributed by atoms with van der Waals surface area (Å²) in [7, 11) is 3.30. The Labute approximate surface area is 128 Å². The van der Waals surface area contributed by atoms with Crippen molar-refractivity contribution in [2.75, 3.05) is 33.9 Å². The smallest absolute Gasteiger partial charge is 0.252 e. The van der Waals surface area contributed by atoms with Crippen LogP contribution in [0, 0.1) is 0 Å². The van der Waals surface area contributed by atoms with Gasteiger partial charge in [-0.05, 0) is 32.4 Å². The second-order valence-corrected chi connectivity index (χ2v) is 5.22. The monoisotopic (exact) mass is 308 g/mol. The SMILES string of the molecule is CCCCC(COC)NC(=O)C1(OC)CCNCC1.Cl. The lowest BCUT2D eigenvalue weighted by atomic mass is 9.90. The Kier molecular flexibility index (Phi) is 10.2. The number of piperidine rings is 1. The topological polar surface area (TPSA) is 59.6 Å². The van der Waals surface area contributed by atoms with E-state index in [0.29, 0.717) is 6.61 Å². The Morgan fingerprint density at radius 3 is 2.50 bits per heavy atom. The molecule has 1 fully saturated rings. The third-order valence-corrected chi connectivity index (χ3v) is 3.82. The van der Waals surface area contributed by atoms with Crippen molar-refractivity contribution in [1.29, 1.82) is 0 Å². The molecule has 1 atom stereocenters. The number of hydrogen-bond acceptors (Lipinski definition) is 4. The number of amides is 1. The Balaban J connectivity index is 0.00000361. The van der Waals surface area contributed by atoms with Crippen molar-refractivity contribution in [3.63, 3.8) is 0 Å². The van der Waals surface area contributed by atoms with Gasteiger partial charge >= 0.3 is 0 Å². The second kappa shape index (κ2) is 10.4. The van der Waals surface area contributed by atoms with Crippen LogP contribution in [-0.4, -0.2) is 51.5 Å². The van der Waals surface area contributed by atoms with E-state index in [0.717, 1.165) is 45.2 Å². The van der Waals surface area contributed by atoms with Gasteiger partial charge in [-0.2, -0.15) is 0 Å². The molecule has 5 nitrogen and oxygen atoms in total. The highest BCUT2D eigenvalue weighted by Gasteiger charge is 2.40. The molecule has 2 N–H and O–H groups in total. The quantitative estimate of drug-likeness (QED) is 0.713. The second-order valence-electron chi connectivity index (χ2n) is 5.22. The molecule has 1 saturated heterocycles. The fraction of sp³-hybridized carbons (Fsp3) is 0.929. The van der Waals surface area contributed by atoms with Crippen LogP contribution in [0.1, 0.15) is 39.0 Å². The number of nitrogens with one attached hydrogen (secondary N) is 2. The lowest BCUT2D eigenvalue weighted by Crippen LogP contribution is -2.56. The molecular weight excluding hydrogens is 280 g/mol. The zero-order chi connectivity index (χ0) is 14.1. The third kappa shape index (κ3) is 5.56. The van der Waals surface area contributed by atoms with Gasteiger partial charge in [-0.3, -0.25) is 4.79 Å². The molecule has 0 aromatic carbocycles. The number of halogens is 1. The summed E-state index contributed by atoms with van der Waals surface area (Å²) in [5, 5.41) is 6.35. The molecule has 0 aromatic heterocycles. The van der Waals surface area contributed by atoms with E-state index in [4.69, 9.17) is 9.47 Å². The highest BCUT2D eigenvalue weighted by Crippen LogP contribution is 2.23. The van der Waals surface area contributed by atoms with Crippen molar-refractivity contribution < 1.29 is 14.3 Å². The predicted octanol–water partition coefficient (Wildman–Crippen LogP) is 1.50. The first kappa shape index (κ1) is 19.6. The summed E-state index contributed by atoms with van der Waals surface area (Å²) in [6.45, 7) is 4.36. The lowest BCUT2D eigenvalue weighted by Gasteiger charge is -2.36. The molecule has 1 amide bonds. The number of rotatable bonds is 8. The summed E-state index contributed by atoms with van der Waals surface area (Å²) >= 11 is 0. The van der Waals surface area contributed by atoms with Gasteiger partial charge in [0.2, 0.25) is 0 Å². The summed E-state index contributed by atoms with van der Waals surface area (Å²) in [5.41, 5.74) is -0.663. The van der Waals surface area contributed by atoms with Crippen molar-refractivity contribution in [3.05, 3.63) is 0 Å². The summed E-state index contributed by atoms with van der Waals surface area (Å²) in [5.74, 6) is 0.00894. The molecule has 0 saturated carbocycles. The molecule has 0 aromatic rings. The van der Waals surface area contributed by atoms with Gasteiger partial charge in [0, 0.05) is 14.2 Å². The van der Waals surface area contributed by atoms with Crippen LogP contribution in [0.4, 0.5) is 0 Å². The van der Waals surface area contributed by atoms with E-state index in [1.165, 1.54) is 0 Å². The summed E-state index contributed by atoms with van der Waals surface area (Å²) in [4.78, 5) is 12.5. The Morgan fingerprint density at radius 1 is 1.35 bits per heavy atom. The molecule has 0 radical (unpaired) electrons. The van der Waals surface area contributed by atoms with E-state index in [2.05, 4.69) is 17.6 Å². The molecule has 6 heteroatoms. The normalized spacial score (nSPS) is 18.9. The van der Waals surface area contributed by atoms with Crippen LogP contribution in [0.5, 0.6) is 0 Å². The summed E-state index contributed by atoms with van der Waals surface area (Å²) in [6, 6.07) is 0.0827. The average molecular weight is 309 g/mol. The van der Waals surface area contributed by atoms with Crippen LogP contribution < -0.4 is 10.6 Å². The first-order valence-electron chi connectivity index (χ1n) is 7.24. The van der Waals surface area contributed by atoms with Crippen LogP contribution in [-0.2, 0) is 14.3 Å². The average Bonchev–Trinajstić information content (AvgIpc) is 2.45. The highest BCUT2D eigenvalue weighted by atomic mass is 35.5. The molecule has 1 rings (SSSR count). The van der Waals surface area contributed by atoms with Gasteiger partial charge in [0.1, 0.15) is 5.60 Å². The lowest BCUT2D eigenvalue weighted by molar-refractivity contribution is -0.148. The number of unbranched alkanes of at least 4 members (excludes halogenated alkanes) is 1. The Bertz CT molecular complexity index is 271. The zero-order valence-electron chi connectivity index (χ0n) is 12.9. The van der Waals surface area contributed by atoms with Crippen LogP contribution in [0.15, 0.2) is 0 Å². The van der Waals surface area contributed by atoms with E-state index in [9.17, 15) is 4.79 Å². The number of hydrogen-bond donors (Lipinski definition) is 2. The molecule has 1 aliphatic heterocycles. The van der Waals surface area contributed by atoms with Crippen LogP contribution in [0.2, 0.25) is 0 Å². The fourth-order valence-electron chi connectivity index (χ4n) is 2.52. The van der Waals surface area contributed by atoms with E-state index in [-0.39, 0.29) is 24.4 Å². The molecule has 0 aliphatic carbocycles. The first-order valence-corrected chi connectivity index (χ1v) is 7.24. The molecule has 0 bridgehead atoms. The Morgan fingerprint density at radius 2 is 2.00 bits per heavy atom. The molecule has 120 valence electrons. The molecule has 1 heterocycles. The molecule has 1 aliphatic rings. The fourth-order valence-corrected chi connectivity index (χ4v) is 2.52. The number of carbonyl (C=O) groups is 1. The maximum atomic E-state index is 12.5. The minimum atomic E-state index is -0.663. The number of methoxy groups -OCH3 is 2. The highest BCUT2D eigenvalue weighted by molar-refractivity contribution is 5.86. The van der Waals surface area contributed by atoms with Crippen molar-refractivity contribution >= 4 is 18.3 Å². The standard InChI is InChI=1S/C14H28N2O3.ClH/c1-4-5-6-12(11-18-2)16-13(17)14(19-3)7-9-15-10-8-14;/h12,15H,4-11H2,1-3H3,(H,16,17);1H. The maximum Gasteiger partial charge on any atom is 0.252 e. The van der Waals surface area contributed by atoms with Crippen molar-refractivity contribution in [2.24, 2.45) is 0 Å². The van der Waals surface area contributed by atoms with Crippen LogP contribution in [0.25, 0.3) is 0 Å². The molecule has 1 unspecified atom stereocenters. The van der Waals surface area contributed by atoms with Gasteiger partial charge in [0.05, 0.1) is 12.6 Å². The molecule has 0 spiro atoms. The van der Waals surface area contributed by atoms with Crippen LogP contribution >= 0.6 is 12.4 Å². The number of ether oxygens (including phenoxy) is 2. The summed E-state index contributed by atoms with van der Waals surface area (Å²) < 4.78 is 10.7. The molecular formula is C14H29ClN2O3. The van der Waals surface area contributed by atoms with E-state index in [1.54, 1.807) is 14.2 Å². The van der Waals surface area contributed by atoms with Crippen molar-refractivity contribution in [2.45, 2.75) is 50.7 Å². The van der Waals surface area contributed by atoms with Gasteiger partial charge in [-0.15, -0.1) is 12.4 Å². The first-order chi connectivity index (χ1) is 9.18. The minimum Gasteiger partial charge on any atom is -0.383 e. The van der Waals surface area contributed by atoms with E-state index >= 15 is 0 Å². The van der Waals surface area contributed by atoms with Gasteiger partial charge in [0.25, 0.3) is 5.91 Å². The third-order valence-electron chi connectivity index (χ3n) is 3.82. The number of carbonyl (C=O) groups excluding carboxylic acids is 1. The van der Waals surface area contributed by atoms with Gasteiger partial charge in [-0.25, -0.2) is 0 Å². The van der Waals surface area contributed by atoms with Gasteiger partial charge < -0.3 is 20.1 Å². The van der Waals surface area contributed by atoms with Gasteiger partial charge in [-0.1, -0.05) is 19.8 Å². The summed E-state index contributed by atoms with van der Waals surface area (Å²) in [6.07, 6.45) is 4.62. The van der Waals surface area contributed by atoms with E-state index < -0.39 is 5.60 Å². The van der Waals surface area contributed by atoms with Gasteiger partial charge in [0.15, 0.2) is 0 Å². The van der Waals surface area contributed by atoms with Crippen molar-refractivity contribution in [1.82, 2.24) is 10.6 Å². The van der Waals surface area contributed by atoms with Crippen molar-refractivity contribution in [3.8, 4) is 0 Å².